The van der Waals surface area contributed by atoms with E-state index in [4.69, 9.17) is 10.5 Å². The number of halogens is 3. The SMILES string of the molecule is NCCOC1CCN(c2nccc(C(F)(F)F)n2)CC1. The predicted octanol–water partition coefficient (Wildman–Crippen LogP) is 1.44. The highest BCUT2D eigenvalue weighted by atomic mass is 19.4. The van der Waals surface area contributed by atoms with Crippen LogP contribution in [0.2, 0.25) is 0 Å². The van der Waals surface area contributed by atoms with Crippen molar-refractivity contribution in [1.29, 1.82) is 0 Å². The van der Waals surface area contributed by atoms with Gasteiger partial charge in [0, 0.05) is 25.8 Å². The molecule has 0 aliphatic carbocycles. The standard InChI is InChI=1S/C12H17F3N4O/c13-12(14,15)10-1-5-17-11(18-10)19-6-2-9(3-7-19)20-8-4-16/h1,5,9H,2-4,6-8,16H2. The number of nitrogens with two attached hydrogens (primary N) is 1. The van der Waals surface area contributed by atoms with Gasteiger partial charge < -0.3 is 15.4 Å². The van der Waals surface area contributed by atoms with Gasteiger partial charge in [-0.1, -0.05) is 0 Å². The predicted molar refractivity (Wildman–Crippen MR) is 67.3 cm³/mol. The topological polar surface area (TPSA) is 64.3 Å². The van der Waals surface area contributed by atoms with Gasteiger partial charge in [0.15, 0.2) is 0 Å². The van der Waals surface area contributed by atoms with Crippen LogP contribution >= 0.6 is 0 Å². The fraction of sp³-hybridized carbons (Fsp3) is 0.667. The van der Waals surface area contributed by atoms with E-state index >= 15 is 0 Å². The Morgan fingerprint density at radius 1 is 1.35 bits per heavy atom. The smallest absolute Gasteiger partial charge is 0.377 e. The summed E-state index contributed by atoms with van der Waals surface area (Å²) in [6.45, 7) is 2.13. The van der Waals surface area contributed by atoms with Crippen molar-refractivity contribution < 1.29 is 17.9 Å². The van der Waals surface area contributed by atoms with Crippen molar-refractivity contribution in [3.8, 4) is 0 Å². The minimum Gasteiger partial charge on any atom is -0.377 e. The monoisotopic (exact) mass is 290 g/mol. The van der Waals surface area contributed by atoms with E-state index in [1.54, 1.807) is 4.90 Å². The normalized spacial score (nSPS) is 17.5. The van der Waals surface area contributed by atoms with Crippen molar-refractivity contribution in [3.05, 3.63) is 18.0 Å². The van der Waals surface area contributed by atoms with E-state index in [9.17, 15) is 13.2 Å². The lowest BCUT2D eigenvalue weighted by Crippen LogP contribution is -2.38. The summed E-state index contributed by atoms with van der Waals surface area (Å²) in [4.78, 5) is 9.25. The Morgan fingerprint density at radius 3 is 2.65 bits per heavy atom. The minimum absolute atomic E-state index is 0.112. The molecule has 1 aromatic rings. The average Bonchev–Trinajstić information content (AvgIpc) is 2.45. The van der Waals surface area contributed by atoms with Crippen LogP contribution in [0.4, 0.5) is 19.1 Å². The van der Waals surface area contributed by atoms with E-state index in [1.165, 1.54) is 0 Å². The molecule has 0 aromatic carbocycles. The van der Waals surface area contributed by atoms with Gasteiger partial charge in [-0.15, -0.1) is 0 Å². The van der Waals surface area contributed by atoms with Gasteiger partial charge in [0.1, 0.15) is 5.69 Å². The Hall–Kier alpha value is -1.41. The molecule has 0 bridgehead atoms. The lowest BCUT2D eigenvalue weighted by atomic mass is 10.1. The molecule has 0 amide bonds. The van der Waals surface area contributed by atoms with Gasteiger partial charge in [-0.25, -0.2) is 9.97 Å². The van der Waals surface area contributed by atoms with Gasteiger partial charge in [0.05, 0.1) is 12.7 Å². The molecule has 20 heavy (non-hydrogen) atoms. The molecule has 2 N–H and O–H groups in total. The number of ether oxygens (including phenoxy) is 1. The highest BCUT2D eigenvalue weighted by Gasteiger charge is 2.33. The van der Waals surface area contributed by atoms with E-state index < -0.39 is 11.9 Å². The number of aromatic nitrogens is 2. The molecule has 1 aliphatic rings. The Balaban J connectivity index is 1.97. The summed E-state index contributed by atoms with van der Waals surface area (Å²) in [6.07, 6.45) is -1.72. The van der Waals surface area contributed by atoms with Crippen molar-refractivity contribution in [2.45, 2.75) is 25.1 Å². The van der Waals surface area contributed by atoms with Gasteiger partial charge in [0.25, 0.3) is 0 Å². The second-order valence-electron chi connectivity index (χ2n) is 4.59. The van der Waals surface area contributed by atoms with Crippen molar-refractivity contribution in [3.63, 3.8) is 0 Å². The zero-order valence-corrected chi connectivity index (χ0v) is 10.9. The van der Waals surface area contributed by atoms with Crippen molar-refractivity contribution in [1.82, 2.24) is 9.97 Å². The fourth-order valence-electron chi connectivity index (χ4n) is 2.12. The molecular weight excluding hydrogens is 273 g/mol. The Kier molecular flexibility index (Phi) is 4.77. The highest BCUT2D eigenvalue weighted by molar-refractivity contribution is 5.31. The van der Waals surface area contributed by atoms with E-state index in [0.717, 1.165) is 25.1 Å². The molecule has 0 radical (unpaired) electrons. The molecule has 5 nitrogen and oxygen atoms in total. The first-order valence-electron chi connectivity index (χ1n) is 6.47. The van der Waals surface area contributed by atoms with Crippen LogP contribution in [-0.4, -0.2) is 42.3 Å². The zero-order valence-electron chi connectivity index (χ0n) is 10.9. The Morgan fingerprint density at radius 2 is 2.05 bits per heavy atom. The summed E-state index contributed by atoms with van der Waals surface area (Å²) < 4.78 is 43.3. The third kappa shape index (κ3) is 3.80. The van der Waals surface area contributed by atoms with Crippen LogP contribution in [0.5, 0.6) is 0 Å². The molecule has 0 atom stereocenters. The Labute approximate surface area is 114 Å². The lowest BCUT2D eigenvalue weighted by molar-refractivity contribution is -0.141. The van der Waals surface area contributed by atoms with Crippen LogP contribution in [0, 0.1) is 0 Å². The minimum atomic E-state index is -4.44. The molecule has 0 saturated carbocycles. The number of anilines is 1. The number of piperidine rings is 1. The van der Waals surface area contributed by atoms with Crippen LogP contribution in [0.25, 0.3) is 0 Å². The number of hydrogen-bond donors (Lipinski definition) is 1. The molecule has 1 aliphatic heterocycles. The summed E-state index contributed by atoms with van der Waals surface area (Å²) in [5.74, 6) is 0.122. The number of rotatable bonds is 4. The highest BCUT2D eigenvalue weighted by Crippen LogP contribution is 2.28. The zero-order chi connectivity index (χ0) is 14.6. The second kappa shape index (κ2) is 6.36. The Bertz CT molecular complexity index is 433. The molecule has 1 aromatic heterocycles. The molecule has 0 spiro atoms. The maximum Gasteiger partial charge on any atom is 0.433 e. The molecule has 1 saturated heterocycles. The molecular formula is C12H17F3N4O. The van der Waals surface area contributed by atoms with Crippen LogP contribution in [-0.2, 0) is 10.9 Å². The first-order chi connectivity index (χ1) is 9.50. The summed E-state index contributed by atoms with van der Waals surface area (Å²) >= 11 is 0. The molecule has 112 valence electrons. The summed E-state index contributed by atoms with van der Waals surface area (Å²) in [7, 11) is 0. The summed E-state index contributed by atoms with van der Waals surface area (Å²) in [5, 5.41) is 0. The van der Waals surface area contributed by atoms with Crippen LogP contribution < -0.4 is 10.6 Å². The van der Waals surface area contributed by atoms with Gasteiger partial charge in [0.2, 0.25) is 5.95 Å². The van der Waals surface area contributed by atoms with Gasteiger partial charge in [-0.3, -0.25) is 0 Å². The third-order valence-corrected chi connectivity index (χ3v) is 3.13. The maximum absolute atomic E-state index is 12.6. The molecule has 2 rings (SSSR count). The summed E-state index contributed by atoms with van der Waals surface area (Å²) in [6, 6.07) is 0.876. The average molecular weight is 290 g/mol. The van der Waals surface area contributed by atoms with Gasteiger partial charge >= 0.3 is 6.18 Å². The second-order valence-corrected chi connectivity index (χ2v) is 4.59. The molecule has 1 fully saturated rings. The fourth-order valence-corrected chi connectivity index (χ4v) is 2.12. The maximum atomic E-state index is 12.6. The molecule has 2 heterocycles. The lowest BCUT2D eigenvalue weighted by Gasteiger charge is -2.32. The van der Waals surface area contributed by atoms with E-state index in [1.807, 2.05) is 0 Å². The summed E-state index contributed by atoms with van der Waals surface area (Å²) in [5.41, 5.74) is 4.45. The van der Waals surface area contributed by atoms with Crippen molar-refractivity contribution >= 4 is 5.95 Å². The first kappa shape index (κ1) is 15.0. The van der Waals surface area contributed by atoms with E-state index in [-0.39, 0.29) is 12.1 Å². The quantitative estimate of drug-likeness (QED) is 0.909. The number of hydrogen-bond acceptors (Lipinski definition) is 5. The molecule has 0 unspecified atom stereocenters. The van der Waals surface area contributed by atoms with E-state index in [2.05, 4.69) is 9.97 Å². The number of alkyl halides is 3. The van der Waals surface area contributed by atoms with Gasteiger partial charge in [-0.2, -0.15) is 13.2 Å². The first-order valence-corrected chi connectivity index (χ1v) is 6.47. The van der Waals surface area contributed by atoms with Crippen molar-refractivity contribution in [2.75, 3.05) is 31.1 Å². The third-order valence-electron chi connectivity index (χ3n) is 3.13. The van der Waals surface area contributed by atoms with Crippen LogP contribution in [0.3, 0.4) is 0 Å². The van der Waals surface area contributed by atoms with Gasteiger partial charge in [-0.05, 0) is 18.9 Å². The van der Waals surface area contributed by atoms with Crippen molar-refractivity contribution in [2.24, 2.45) is 5.73 Å². The van der Waals surface area contributed by atoms with Crippen LogP contribution in [0.1, 0.15) is 18.5 Å². The largest absolute Gasteiger partial charge is 0.433 e. The van der Waals surface area contributed by atoms with E-state index in [0.29, 0.717) is 26.2 Å². The molecule has 8 heteroatoms. The van der Waals surface area contributed by atoms with Crippen LogP contribution in [0.15, 0.2) is 12.3 Å². The number of nitrogens with zero attached hydrogens (tertiary/aromatic N) is 3.